The van der Waals surface area contributed by atoms with Gasteiger partial charge in [0.05, 0.1) is 11.2 Å². The first kappa shape index (κ1) is 16.2. The fourth-order valence-corrected chi connectivity index (χ4v) is 2.95. The van der Waals surface area contributed by atoms with Crippen molar-refractivity contribution in [3.63, 3.8) is 0 Å². The number of aromatic amines is 1. The second kappa shape index (κ2) is 6.24. The number of fused-ring (bicyclic) bond motifs is 2. The number of benzene rings is 2. The first-order valence-electron chi connectivity index (χ1n) is 7.69. The molecule has 0 saturated carbocycles. The maximum atomic E-state index is 13.5. The molecule has 5 nitrogen and oxygen atoms in total. The SMILES string of the molecule is O=C(Nc1ccnc2ccc(F)cc12)c1c[nH]c2ccc(Cl)cc2c1=O. The van der Waals surface area contributed by atoms with Crippen LogP contribution in [0, 0.1) is 5.82 Å². The number of halogens is 2. The Balaban J connectivity index is 1.78. The zero-order valence-electron chi connectivity index (χ0n) is 13.2. The minimum Gasteiger partial charge on any atom is -0.360 e. The summed E-state index contributed by atoms with van der Waals surface area (Å²) in [7, 11) is 0. The van der Waals surface area contributed by atoms with E-state index in [-0.39, 0.29) is 5.56 Å². The number of pyridine rings is 2. The summed E-state index contributed by atoms with van der Waals surface area (Å²) in [4.78, 5) is 32.3. The molecule has 0 radical (unpaired) electrons. The van der Waals surface area contributed by atoms with E-state index in [1.54, 1.807) is 18.2 Å². The third-order valence-electron chi connectivity index (χ3n) is 4.04. The van der Waals surface area contributed by atoms with Crippen LogP contribution < -0.4 is 10.7 Å². The Labute approximate surface area is 151 Å². The topological polar surface area (TPSA) is 74.8 Å². The largest absolute Gasteiger partial charge is 0.360 e. The number of aromatic nitrogens is 2. The Hall–Kier alpha value is -3.25. The fraction of sp³-hybridized carbons (Fsp3) is 0. The number of rotatable bonds is 2. The third kappa shape index (κ3) is 2.80. The van der Waals surface area contributed by atoms with E-state index in [1.807, 2.05) is 0 Å². The summed E-state index contributed by atoms with van der Waals surface area (Å²) in [5, 5.41) is 3.81. The highest BCUT2D eigenvalue weighted by Crippen LogP contribution is 2.23. The van der Waals surface area contributed by atoms with E-state index in [2.05, 4.69) is 15.3 Å². The first-order chi connectivity index (χ1) is 12.5. The minimum absolute atomic E-state index is 0.0684. The van der Waals surface area contributed by atoms with E-state index >= 15 is 0 Å². The van der Waals surface area contributed by atoms with Gasteiger partial charge in [-0.3, -0.25) is 14.6 Å². The molecule has 0 unspecified atom stereocenters. The van der Waals surface area contributed by atoms with Crippen LogP contribution in [0.1, 0.15) is 10.4 Å². The van der Waals surface area contributed by atoms with Crippen LogP contribution in [-0.2, 0) is 0 Å². The number of nitrogens with one attached hydrogen (secondary N) is 2. The van der Waals surface area contributed by atoms with Gasteiger partial charge in [-0.25, -0.2) is 4.39 Å². The minimum atomic E-state index is -0.607. The van der Waals surface area contributed by atoms with E-state index in [0.29, 0.717) is 32.5 Å². The summed E-state index contributed by atoms with van der Waals surface area (Å²) in [5.74, 6) is -1.05. The lowest BCUT2D eigenvalue weighted by molar-refractivity contribution is 0.102. The molecule has 2 aromatic carbocycles. The normalized spacial score (nSPS) is 11.0. The predicted molar refractivity (Wildman–Crippen MR) is 99.2 cm³/mol. The summed E-state index contributed by atoms with van der Waals surface area (Å²) < 4.78 is 13.5. The summed E-state index contributed by atoms with van der Waals surface area (Å²) in [5.41, 5.74) is 0.963. The molecule has 0 aliphatic carbocycles. The Kier molecular flexibility index (Phi) is 3.89. The Morgan fingerprint density at radius 3 is 2.81 bits per heavy atom. The lowest BCUT2D eigenvalue weighted by atomic mass is 10.1. The standard InChI is InChI=1S/C19H11ClFN3O2/c20-10-1-3-16-13(7-10)18(25)14(9-23-16)19(26)24-17-5-6-22-15-4-2-11(21)8-12(15)17/h1-9H,(H,23,25)(H,22,24,26). The lowest BCUT2D eigenvalue weighted by Crippen LogP contribution is -2.22. The molecule has 0 fully saturated rings. The van der Waals surface area contributed by atoms with Gasteiger partial charge < -0.3 is 10.3 Å². The van der Waals surface area contributed by atoms with Gasteiger partial charge in [-0.2, -0.15) is 0 Å². The summed E-state index contributed by atoms with van der Waals surface area (Å²) in [6.45, 7) is 0. The molecule has 0 aliphatic rings. The number of amides is 1. The van der Waals surface area contributed by atoms with E-state index in [0.717, 1.165) is 0 Å². The summed E-state index contributed by atoms with van der Waals surface area (Å²) in [6.07, 6.45) is 2.85. The fourth-order valence-electron chi connectivity index (χ4n) is 2.78. The van der Waals surface area contributed by atoms with Crippen molar-refractivity contribution in [2.45, 2.75) is 0 Å². The van der Waals surface area contributed by atoms with Gasteiger partial charge in [0.1, 0.15) is 11.4 Å². The number of carbonyl (C=O) groups is 1. The third-order valence-corrected chi connectivity index (χ3v) is 4.27. The van der Waals surface area contributed by atoms with E-state index in [1.165, 1.54) is 36.7 Å². The van der Waals surface area contributed by atoms with Gasteiger partial charge in [0, 0.05) is 33.7 Å². The van der Waals surface area contributed by atoms with Crippen LogP contribution in [0.3, 0.4) is 0 Å². The molecule has 26 heavy (non-hydrogen) atoms. The van der Waals surface area contributed by atoms with Crippen LogP contribution >= 0.6 is 11.6 Å². The van der Waals surface area contributed by atoms with Crippen molar-refractivity contribution in [2.75, 3.05) is 5.32 Å². The molecule has 2 aromatic heterocycles. The molecule has 0 spiro atoms. The van der Waals surface area contributed by atoms with Gasteiger partial charge in [-0.15, -0.1) is 0 Å². The summed E-state index contributed by atoms with van der Waals surface area (Å²) >= 11 is 5.94. The Morgan fingerprint density at radius 2 is 1.96 bits per heavy atom. The molecule has 4 rings (SSSR count). The molecule has 4 aromatic rings. The van der Waals surface area contributed by atoms with Crippen molar-refractivity contribution in [3.8, 4) is 0 Å². The van der Waals surface area contributed by atoms with Crippen molar-refractivity contribution in [1.82, 2.24) is 9.97 Å². The molecular formula is C19H11ClFN3O2. The van der Waals surface area contributed by atoms with Crippen LogP contribution in [0.25, 0.3) is 21.8 Å². The highest BCUT2D eigenvalue weighted by Gasteiger charge is 2.15. The van der Waals surface area contributed by atoms with Crippen molar-refractivity contribution in [2.24, 2.45) is 0 Å². The second-order valence-corrected chi connectivity index (χ2v) is 6.13. The van der Waals surface area contributed by atoms with Gasteiger partial charge in [0.15, 0.2) is 0 Å². The zero-order chi connectivity index (χ0) is 18.3. The van der Waals surface area contributed by atoms with Crippen LogP contribution in [0.4, 0.5) is 10.1 Å². The molecule has 0 saturated heterocycles. The second-order valence-electron chi connectivity index (χ2n) is 5.70. The number of anilines is 1. The van der Waals surface area contributed by atoms with Crippen molar-refractivity contribution in [3.05, 3.63) is 81.5 Å². The van der Waals surface area contributed by atoms with E-state index in [9.17, 15) is 14.0 Å². The molecule has 2 heterocycles. The maximum absolute atomic E-state index is 13.5. The summed E-state index contributed by atoms with van der Waals surface area (Å²) in [6, 6.07) is 10.5. The van der Waals surface area contributed by atoms with Gasteiger partial charge in [0.2, 0.25) is 5.43 Å². The predicted octanol–water partition coefficient (Wildman–Crippen LogP) is 4.12. The molecule has 0 aliphatic heterocycles. The smallest absolute Gasteiger partial charge is 0.261 e. The van der Waals surface area contributed by atoms with Crippen LogP contribution in [0.2, 0.25) is 5.02 Å². The number of hydrogen-bond acceptors (Lipinski definition) is 3. The molecule has 2 N–H and O–H groups in total. The van der Waals surface area contributed by atoms with Crippen LogP contribution in [0.5, 0.6) is 0 Å². The molecule has 0 bridgehead atoms. The Bertz CT molecular complexity index is 1240. The van der Waals surface area contributed by atoms with Gasteiger partial charge >= 0.3 is 0 Å². The highest BCUT2D eigenvalue weighted by molar-refractivity contribution is 6.31. The van der Waals surface area contributed by atoms with Crippen molar-refractivity contribution in [1.29, 1.82) is 0 Å². The van der Waals surface area contributed by atoms with Crippen molar-refractivity contribution >= 4 is 45.0 Å². The monoisotopic (exact) mass is 367 g/mol. The van der Waals surface area contributed by atoms with Gasteiger partial charge in [0.25, 0.3) is 5.91 Å². The van der Waals surface area contributed by atoms with Gasteiger partial charge in [-0.1, -0.05) is 11.6 Å². The van der Waals surface area contributed by atoms with Crippen LogP contribution in [-0.4, -0.2) is 15.9 Å². The average Bonchev–Trinajstić information content (AvgIpc) is 2.63. The van der Waals surface area contributed by atoms with E-state index < -0.39 is 17.2 Å². The molecule has 128 valence electrons. The lowest BCUT2D eigenvalue weighted by Gasteiger charge is -2.09. The number of hydrogen-bond donors (Lipinski definition) is 2. The van der Waals surface area contributed by atoms with Crippen LogP contribution in [0.15, 0.2) is 59.7 Å². The van der Waals surface area contributed by atoms with Gasteiger partial charge in [-0.05, 0) is 42.5 Å². The highest BCUT2D eigenvalue weighted by atomic mass is 35.5. The zero-order valence-corrected chi connectivity index (χ0v) is 14.0. The quantitative estimate of drug-likeness (QED) is 0.559. The van der Waals surface area contributed by atoms with E-state index in [4.69, 9.17) is 11.6 Å². The Morgan fingerprint density at radius 1 is 1.12 bits per heavy atom. The molecule has 0 atom stereocenters. The molecule has 7 heteroatoms. The number of H-pyrrole nitrogens is 1. The first-order valence-corrected chi connectivity index (χ1v) is 8.07. The number of carbonyl (C=O) groups excluding carboxylic acids is 1. The van der Waals surface area contributed by atoms with Crippen molar-refractivity contribution < 1.29 is 9.18 Å². The maximum Gasteiger partial charge on any atom is 0.261 e. The molecule has 1 amide bonds. The molecular weight excluding hydrogens is 357 g/mol. The average molecular weight is 368 g/mol. The number of nitrogens with zero attached hydrogens (tertiary/aromatic N) is 1.